The molecule has 1 aromatic heterocycles. The van der Waals surface area contributed by atoms with E-state index in [1.165, 1.54) is 11.0 Å². The highest BCUT2D eigenvalue weighted by atomic mass is 19.4. The summed E-state index contributed by atoms with van der Waals surface area (Å²) in [6.07, 6.45) is -3.98. The van der Waals surface area contributed by atoms with Gasteiger partial charge < -0.3 is 10.0 Å². The fraction of sp³-hybridized carbons (Fsp3) is 0.600. The van der Waals surface area contributed by atoms with Gasteiger partial charge in [0.25, 0.3) is 0 Å². The third kappa shape index (κ3) is 3.86. The Morgan fingerprint density at radius 2 is 2.00 bits per heavy atom. The van der Waals surface area contributed by atoms with Crippen LogP contribution in [0.3, 0.4) is 0 Å². The number of amides is 1. The van der Waals surface area contributed by atoms with Gasteiger partial charge in [0, 0.05) is 24.8 Å². The number of carbonyl (C=O) groups is 1. The fourth-order valence-corrected chi connectivity index (χ4v) is 2.89. The second-order valence-electron chi connectivity index (χ2n) is 6.61. The first-order valence-corrected chi connectivity index (χ1v) is 7.30. The zero-order valence-electron chi connectivity index (χ0n) is 13.3. The average molecular weight is 331 g/mol. The van der Waals surface area contributed by atoms with Gasteiger partial charge in [0.2, 0.25) is 0 Å². The first-order valence-electron chi connectivity index (χ1n) is 7.30. The van der Waals surface area contributed by atoms with Crippen LogP contribution < -0.4 is 4.90 Å². The van der Waals surface area contributed by atoms with Gasteiger partial charge in [-0.25, -0.2) is 9.78 Å². The number of anilines is 1. The summed E-state index contributed by atoms with van der Waals surface area (Å²) in [6.45, 7) is 6.44. The minimum atomic E-state index is -4.41. The van der Waals surface area contributed by atoms with E-state index in [0.717, 1.165) is 12.3 Å². The van der Waals surface area contributed by atoms with Crippen molar-refractivity contribution in [3.05, 3.63) is 23.9 Å². The minimum Gasteiger partial charge on any atom is -0.465 e. The first-order chi connectivity index (χ1) is 10.5. The maximum absolute atomic E-state index is 12.6. The monoisotopic (exact) mass is 331 g/mol. The molecule has 2 heterocycles. The van der Waals surface area contributed by atoms with Gasteiger partial charge >= 0.3 is 12.3 Å². The van der Waals surface area contributed by atoms with E-state index in [9.17, 15) is 23.1 Å². The quantitative estimate of drug-likeness (QED) is 0.902. The minimum absolute atomic E-state index is 0.211. The molecule has 1 saturated heterocycles. The third-order valence-corrected chi connectivity index (χ3v) is 3.86. The van der Waals surface area contributed by atoms with Crippen LogP contribution in [-0.2, 0) is 6.18 Å². The van der Waals surface area contributed by atoms with Crippen LogP contribution in [0.15, 0.2) is 18.3 Å². The van der Waals surface area contributed by atoms with E-state index < -0.39 is 23.4 Å². The van der Waals surface area contributed by atoms with Crippen LogP contribution in [0.1, 0.15) is 32.8 Å². The Bertz CT molecular complexity index is 567. The molecule has 5 nitrogen and oxygen atoms in total. The van der Waals surface area contributed by atoms with Crippen LogP contribution in [-0.4, -0.2) is 45.8 Å². The van der Waals surface area contributed by atoms with Gasteiger partial charge in [-0.05, 0) is 39.3 Å². The van der Waals surface area contributed by atoms with Gasteiger partial charge in [0.1, 0.15) is 5.82 Å². The zero-order valence-corrected chi connectivity index (χ0v) is 13.3. The molecule has 1 amide bonds. The zero-order chi connectivity index (χ0) is 17.4. The number of nitrogens with zero attached hydrogens (tertiary/aromatic N) is 3. The van der Waals surface area contributed by atoms with E-state index in [-0.39, 0.29) is 6.04 Å². The van der Waals surface area contributed by atoms with Crippen molar-refractivity contribution < 1.29 is 23.1 Å². The number of rotatable bonds is 2. The predicted molar refractivity (Wildman–Crippen MR) is 79.5 cm³/mol. The summed E-state index contributed by atoms with van der Waals surface area (Å²) in [5, 5.41) is 9.42. The van der Waals surface area contributed by atoms with Crippen molar-refractivity contribution in [2.24, 2.45) is 0 Å². The van der Waals surface area contributed by atoms with Crippen molar-refractivity contribution in [1.82, 2.24) is 9.88 Å². The summed E-state index contributed by atoms with van der Waals surface area (Å²) >= 11 is 0. The van der Waals surface area contributed by atoms with E-state index in [4.69, 9.17) is 0 Å². The van der Waals surface area contributed by atoms with Gasteiger partial charge in [0.05, 0.1) is 11.6 Å². The molecular weight excluding hydrogens is 311 g/mol. The maximum Gasteiger partial charge on any atom is 0.417 e. The lowest BCUT2D eigenvalue weighted by atomic mass is 10.0. The average Bonchev–Trinajstić information content (AvgIpc) is 2.85. The fourth-order valence-electron chi connectivity index (χ4n) is 2.89. The Morgan fingerprint density at radius 3 is 2.43 bits per heavy atom. The molecule has 1 N–H and O–H groups in total. The van der Waals surface area contributed by atoms with Crippen molar-refractivity contribution in [2.45, 2.75) is 44.9 Å². The van der Waals surface area contributed by atoms with Crippen molar-refractivity contribution >= 4 is 11.9 Å². The van der Waals surface area contributed by atoms with Crippen LogP contribution >= 0.6 is 0 Å². The van der Waals surface area contributed by atoms with Crippen molar-refractivity contribution in [3.8, 4) is 0 Å². The number of aromatic nitrogens is 1. The topological polar surface area (TPSA) is 56.7 Å². The lowest BCUT2D eigenvalue weighted by molar-refractivity contribution is -0.137. The smallest absolute Gasteiger partial charge is 0.417 e. The van der Waals surface area contributed by atoms with E-state index in [2.05, 4.69) is 4.98 Å². The SMILES string of the molecule is CC(C)(C)N(C(=O)O)[C@@H]1CCN(c2ccc(C(F)(F)F)cn2)C1. The highest BCUT2D eigenvalue weighted by Crippen LogP contribution is 2.31. The summed E-state index contributed by atoms with van der Waals surface area (Å²) in [5.41, 5.74) is -1.33. The van der Waals surface area contributed by atoms with Gasteiger partial charge in [-0.1, -0.05) is 0 Å². The van der Waals surface area contributed by atoms with Crippen LogP contribution in [0.25, 0.3) is 0 Å². The largest absolute Gasteiger partial charge is 0.465 e. The number of pyridine rings is 1. The lowest BCUT2D eigenvalue weighted by Crippen LogP contribution is -2.52. The van der Waals surface area contributed by atoms with Crippen LogP contribution in [0, 0.1) is 0 Å². The normalized spacial score (nSPS) is 19.0. The molecule has 2 rings (SSSR count). The summed E-state index contributed by atoms with van der Waals surface area (Å²) < 4.78 is 37.7. The standard InChI is InChI=1S/C15H20F3N3O2/c1-14(2,3)21(13(22)23)11-6-7-20(9-11)12-5-4-10(8-19-12)15(16,17)18/h4-5,8,11H,6-7,9H2,1-3H3,(H,22,23)/t11-/m1/s1. The number of hydrogen-bond donors (Lipinski definition) is 1. The van der Waals surface area contributed by atoms with E-state index in [0.29, 0.717) is 25.3 Å². The molecule has 0 spiro atoms. The van der Waals surface area contributed by atoms with Gasteiger partial charge in [-0.3, -0.25) is 4.90 Å². The molecule has 1 aromatic rings. The summed E-state index contributed by atoms with van der Waals surface area (Å²) in [4.78, 5) is 18.6. The highest BCUT2D eigenvalue weighted by Gasteiger charge is 2.38. The Kier molecular flexibility index (Phi) is 4.45. The number of carboxylic acid groups (broad SMARTS) is 1. The van der Waals surface area contributed by atoms with Crippen molar-refractivity contribution in [3.63, 3.8) is 0 Å². The molecule has 0 bridgehead atoms. The van der Waals surface area contributed by atoms with Gasteiger partial charge in [-0.15, -0.1) is 0 Å². The molecule has 1 aliphatic rings. The molecule has 8 heteroatoms. The Labute approximate surface area is 132 Å². The van der Waals surface area contributed by atoms with Crippen molar-refractivity contribution in [2.75, 3.05) is 18.0 Å². The Balaban J connectivity index is 2.12. The summed E-state index contributed by atoms with van der Waals surface area (Å²) in [6, 6.07) is 2.11. The van der Waals surface area contributed by atoms with Crippen LogP contribution in [0.5, 0.6) is 0 Å². The van der Waals surface area contributed by atoms with E-state index >= 15 is 0 Å². The van der Waals surface area contributed by atoms with E-state index in [1.807, 2.05) is 25.7 Å². The number of halogens is 3. The molecule has 1 aliphatic heterocycles. The van der Waals surface area contributed by atoms with Crippen LogP contribution in [0.4, 0.5) is 23.8 Å². The summed E-state index contributed by atoms with van der Waals surface area (Å²) in [7, 11) is 0. The third-order valence-electron chi connectivity index (χ3n) is 3.86. The molecule has 23 heavy (non-hydrogen) atoms. The van der Waals surface area contributed by atoms with E-state index in [1.54, 1.807) is 0 Å². The molecular formula is C15H20F3N3O2. The van der Waals surface area contributed by atoms with Crippen molar-refractivity contribution in [1.29, 1.82) is 0 Å². The highest BCUT2D eigenvalue weighted by molar-refractivity contribution is 5.67. The Morgan fingerprint density at radius 1 is 1.35 bits per heavy atom. The Hall–Kier alpha value is -1.99. The predicted octanol–water partition coefficient (Wildman–Crippen LogP) is 3.46. The lowest BCUT2D eigenvalue weighted by Gasteiger charge is -2.37. The molecule has 1 fully saturated rings. The maximum atomic E-state index is 12.6. The van der Waals surface area contributed by atoms with Gasteiger partial charge in [-0.2, -0.15) is 13.2 Å². The molecule has 0 saturated carbocycles. The number of hydrogen-bond acceptors (Lipinski definition) is 3. The first kappa shape index (κ1) is 17.4. The molecule has 0 radical (unpaired) electrons. The van der Waals surface area contributed by atoms with Gasteiger partial charge in [0.15, 0.2) is 0 Å². The molecule has 0 unspecified atom stereocenters. The summed E-state index contributed by atoms with van der Waals surface area (Å²) in [5.74, 6) is 0.430. The second kappa shape index (κ2) is 5.90. The number of alkyl halides is 3. The molecule has 0 aliphatic carbocycles. The van der Waals surface area contributed by atoms with Crippen LogP contribution in [0.2, 0.25) is 0 Å². The molecule has 128 valence electrons. The molecule has 1 atom stereocenters. The second-order valence-corrected chi connectivity index (χ2v) is 6.61. The molecule has 0 aromatic carbocycles.